The normalized spacial score (nSPS) is 22.8. The number of nitrogens with zero attached hydrogens (tertiary/aromatic N) is 5. The highest BCUT2D eigenvalue weighted by atomic mass is 15.3. The maximum atomic E-state index is 4.88. The number of aromatic nitrogens is 4. The van der Waals surface area contributed by atoms with E-state index >= 15 is 0 Å². The van der Waals surface area contributed by atoms with Crippen LogP contribution in [-0.4, -0.2) is 32.6 Å². The zero-order valence-electron chi connectivity index (χ0n) is 15.2. The molecule has 2 aliphatic carbocycles. The van der Waals surface area contributed by atoms with Gasteiger partial charge in [-0.1, -0.05) is 0 Å². The van der Waals surface area contributed by atoms with Crippen molar-refractivity contribution in [2.45, 2.75) is 70.8 Å². The summed E-state index contributed by atoms with van der Waals surface area (Å²) in [4.78, 5) is 16.6. The fourth-order valence-electron chi connectivity index (χ4n) is 5.10. The minimum atomic E-state index is 0.545. The molecule has 0 unspecified atom stereocenters. The molecule has 2 aromatic rings. The molecular weight excluding hydrogens is 310 g/mol. The Kier molecular flexibility index (Phi) is 3.75. The van der Waals surface area contributed by atoms with Crippen molar-refractivity contribution in [2.24, 2.45) is 0 Å². The van der Waals surface area contributed by atoms with E-state index in [9.17, 15) is 0 Å². The average molecular weight is 337 g/mol. The van der Waals surface area contributed by atoms with Crippen molar-refractivity contribution in [2.75, 3.05) is 18.0 Å². The zero-order valence-corrected chi connectivity index (χ0v) is 15.2. The first-order valence-electron chi connectivity index (χ1n) is 9.95. The van der Waals surface area contributed by atoms with Gasteiger partial charge in [0.2, 0.25) is 0 Å². The number of anilines is 1. The fraction of sp³-hybridized carbons (Fsp3) is 0.650. The Hall–Kier alpha value is -1.91. The van der Waals surface area contributed by atoms with Crippen LogP contribution in [0, 0.1) is 6.92 Å². The van der Waals surface area contributed by atoms with Crippen molar-refractivity contribution in [3.8, 4) is 0 Å². The lowest BCUT2D eigenvalue weighted by molar-refractivity contribution is 0.504. The molecule has 1 fully saturated rings. The standard InChI is InChI=1S/C20H27N5/c1-14-23-18-8-4-5-9-19(18)25(14)15-10-11-24(12-15)20-16-6-2-3-7-17(16)21-13-22-20/h13,15H,2-12H2,1H3/t15-/m0/s1. The van der Waals surface area contributed by atoms with Crippen LogP contribution >= 0.6 is 0 Å². The Morgan fingerprint density at radius 3 is 2.68 bits per heavy atom. The summed E-state index contributed by atoms with van der Waals surface area (Å²) < 4.78 is 2.56. The smallest absolute Gasteiger partial charge is 0.135 e. The van der Waals surface area contributed by atoms with E-state index in [2.05, 4.69) is 26.4 Å². The van der Waals surface area contributed by atoms with E-state index in [0.717, 1.165) is 25.9 Å². The van der Waals surface area contributed by atoms with Gasteiger partial charge in [0.1, 0.15) is 18.0 Å². The Bertz CT molecular complexity index is 794. The van der Waals surface area contributed by atoms with Crippen LogP contribution in [0.2, 0.25) is 0 Å². The summed E-state index contributed by atoms with van der Waals surface area (Å²) in [5.74, 6) is 2.42. The Labute approximate surface area is 149 Å². The number of hydrogen-bond acceptors (Lipinski definition) is 4. The molecule has 25 heavy (non-hydrogen) atoms. The molecule has 132 valence electrons. The maximum absolute atomic E-state index is 4.88. The van der Waals surface area contributed by atoms with E-state index in [1.54, 1.807) is 6.33 Å². The second-order valence-corrected chi connectivity index (χ2v) is 7.85. The van der Waals surface area contributed by atoms with Gasteiger partial charge in [0.15, 0.2) is 0 Å². The van der Waals surface area contributed by atoms with E-state index in [4.69, 9.17) is 4.98 Å². The predicted octanol–water partition coefficient (Wildman–Crippen LogP) is 3.19. The van der Waals surface area contributed by atoms with Crippen molar-refractivity contribution in [3.63, 3.8) is 0 Å². The van der Waals surface area contributed by atoms with Gasteiger partial charge in [0, 0.05) is 30.0 Å². The molecule has 5 rings (SSSR count). The van der Waals surface area contributed by atoms with Crippen molar-refractivity contribution < 1.29 is 0 Å². The van der Waals surface area contributed by atoms with Crippen molar-refractivity contribution in [3.05, 3.63) is 34.8 Å². The highest BCUT2D eigenvalue weighted by molar-refractivity contribution is 5.50. The minimum absolute atomic E-state index is 0.545. The molecule has 0 saturated carbocycles. The van der Waals surface area contributed by atoms with E-state index in [-0.39, 0.29) is 0 Å². The molecule has 3 aliphatic rings. The van der Waals surface area contributed by atoms with E-state index in [1.165, 1.54) is 79.2 Å². The summed E-state index contributed by atoms with van der Waals surface area (Å²) in [7, 11) is 0. The third-order valence-corrected chi connectivity index (χ3v) is 6.28. The molecule has 0 N–H and O–H groups in total. The van der Waals surface area contributed by atoms with Crippen LogP contribution in [-0.2, 0) is 25.7 Å². The van der Waals surface area contributed by atoms with Gasteiger partial charge in [-0.2, -0.15) is 0 Å². The molecule has 0 radical (unpaired) electrons. The van der Waals surface area contributed by atoms with E-state index < -0.39 is 0 Å². The molecule has 1 saturated heterocycles. The number of rotatable bonds is 2. The fourth-order valence-corrected chi connectivity index (χ4v) is 5.10. The largest absolute Gasteiger partial charge is 0.354 e. The summed E-state index contributed by atoms with van der Waals surface area (Å²) in [6, 6.07) is 0.545. The summed E-state index contributed by atoms with van der Waals surface area (Å²) in [6.07, 6.45) is 12.8. The van der Waals surface area contributed by atoms with Crippen molar-refractivity contribution in [1.29, 1.82) is 0 Å². The molecule has 5 heteroatoms. The summed E-state index contributed by atoms with van der Waals surface area (Å²) >= 11 is 0. The summed E-state index contributed by atoms with van der Waals surface area (Å²) in [5.41, 5.74) is 5.58. The Morgan fingerprint density at radius 1 is 0.960 bits per heavy atom. The Balaban J connectivity index is 1.44. The predicted molar refractivity (Wildman–Crippen MR) is 98.1 cm³/mol. The summed E-state index contributed by atoms with van der Waals surface area (Å²) in [5, 5.41) is 0. The van der Waals surface area contributed by atoms with Crippen LogP contribution < -0.4 is 4.90 Å². The summed E-state index contributed by atoms with van der Waals surface area (Å²) in [6.45, 7) is 4.35. The van der Waals surface area contributed by atoms with Gasteiger partial charge in [-0.3, -0.25) is 0 Å². The zero-order chi connectivity index (χ0) is 16.8. The van der Waals surface area contributed by atoms with Crippen LogP contribution in [0.4, 0.5) is 5.82 Å². The van der Waals surface area contributed by atoms with Crippen LogP contribution in [0.25, 0.3) is 0 Å². The number of fused-ring (bicyclic) bond motifs is 2. The molecule has 2 aromatic heterocycles. The second kappa shape index (κ2) is 6.11. The molecule has 5 nitrogen and oxygen atoms in total. The van der Waals surface area contributed by atoms with Crippen LogP contribution in [0.5, 0.6) is 0 Å². The highest BCUT2D eigenvalue weighted by Crippen LogP contribution is 2.34. The molecular formula is C20H27N5. The third-order valence-electron chi connectivity index (χ3n) is 6.28. The van der Waals surface area contributed by atoms with E-state index in [0.29, 0.717) is 6.04 Å². The second-order valence-electron chi connectivity index (χ2n) is 7.85. The lowest BCUT2D eigenvalue weighted by atomic mass is 9.96. The molecule has 3 heterocycles. The van der Waals surface area contributed by atoms with Gasteiger partial charge in [-0.05, 0) is 64.7 Å². The maximum Gasteiger partial charge on any atom is 0.135 e. The van der Waals surface area contributed by atoms with Crippen LogP contribution in [0.15, 0.2) is 6.33 Å². The van der Waals surface area contributed by atoms with Gasteiger partial charge >= 0.3 is 0 Å². The average Bonchev–Trinajstić information content (AvgIpc) is 3.24. The number of imidazole rings is 1. The number of hydrogen-bond donors (Lipinski definition) is 0. The molecule has 0 bridgehead atoms. The van der Waals surface area contributed by atoms with Gasteiger partial charge in [-0.15, -0.1) is 0 Å². The molecule has 0 spiro atoms. The van der Waals surface area contributed by atoms with Crippen LogP contribution in [0.3, 0.4) is 0 Å². The topological polar surface area (TPSA) is 46.8 Å². The van der Waals surface area contributed by atoms with Gasteiger partial charge in [-0.25, -0.2) is 15.0 Å². The first kappa shape index (κ1) is 15.4. The molecule has 1 aliphatic heterocycles. The van der Waals surface area contributed by atoms with Crippen molar-refractivity contribution >= 4 is 5.82 Å². The lowest BCUT2D eigenvalue weighted by Gasteiger charge is -2.25. The minimum Gasteiger partial charge on any atom is -0.354 e. The quantitative estimate of drug-likeness (QED) is 0.844. The molecule has 1 atom stereocenters. The number of aryl methyl sites for hydroxylation is 3. The lowest BCUT2D eigenvalue weighted by Crippen LogP contribution is -2.25. The SMILES string of the molecule is Cc1nc2c(n1[C@H]1CCN(c3ncnc4c3CCCC4)C1)CCCC2. The monoisotopic (exact) mass is 337 g/mol. The van der Waals surface area contributed by atoms with Gasteiger partial charge in [0.05, 0.1) is 11.7 Å². The molecule has 0 amide bonds. The van der Waals surface area contributed by atoms with E-state index in [1.807, 2.05) is 0 Å². The third kappa shape index (κ3) is 2.55. The van der Waals surface area contributed by atoms with Crippen LogP contribution in [0.1, 0.15) is 66.6 Å². The highest BCUT2D eigenvalue weighted by Gasteiger charge is 2.31. The van der Waals surface area contributed by atoms with Crippen molar-refractivity contribution in [1.82, 2.24) is 19.5 Å². The molecule has 0 aromatic carbocycles. The first-order valence-corrected chi connectivity index (χ1v) is 9.95. The van der Waals surface area contributed by atoms with Gasteiger partial charge < -0.3 is 9.47 Å². The van der Waals surface area contributed by atoms with Gasteiger partial charge in [0.25, 0.3) is 0 Å². The Morgan fingerprint density at radius 2 is 1.76 bits per heavy atom. The first-order chi connectivity index (χ1) is 12.3.